The highest BCUT2D eigenvalue weighted by Gasteiger charge is 2.41. The van der Waals surface area contributed by atoms with Crippen LogP contribution in [0.2, 0.25) is 0 Å². The number of phenols is 2. The minimum absolute atomic E-state index is 0.0391. The SMILES string of the molecule is COc1cc([C@@H]2Oc3cc(OC)c4c(c3[C@@H]2COC(C)=O)CCc2cc(O)ccc2-4)ccc1O. The van der Waals surface area contributed by atoms with Crippen molar-refractivity contribution in [2.45, 2.75) is 31.8 Å². The molecule has 1 aliphatic heterocycles. The minimum atomic E-state index is -0.443. The van der Waals surface area contributed by atoms with Gasteiger partial charge in [0.25, 0.3) is 0 Å². The van der Waals surface area contributed by atoms with E-state index in [4.69, 9.17) is 18.9 Å². The van der Waals surface area contributed by atoms with Crippen molar-refractivity contribution in [2.24, 2.45) is 0 Å². The molecule has 3 aromatic rings. The lowest BCUT2D eigenvalue weighted by Gasteiger charge is -2.26. The molecule has 0 saturated carbocycles. The first kappa shape index (κ1) is 21.9. The topological polar surface area (TPSA) is 94.5 Å². The lowest BCUT2D eigenvalue weighted by atomic mass is 9.78. The zero-order valence-electron chi connectivity index (χ0n) is 19.3. The van der Waals surface area contributed by atoms with Gasteiger partial charge in [0.15, 0.2) is 11.5 Å². The molecule has 0 amide bonds. The fraction of sp³-hybridized carbons (Fsp3) is 0.296. The number of methoxy groups -OCH3 is 2. The van der Waals surface area contributed by atoms with Crippen LogP contribution in [0.25, 0.3) is 11.1 Å². The minimum Gasteiger partial charge on any atom is -0.508 e. The van der Waals surface area contributed by atoms with Crippen molar-refractivity contribution < 1.29 is 34.0 Å². The fourth-order valence-electron chi connectivity index (χ4n) is 5.13. The molecule has 0 aromatic heterocycles. The van der Waals surface area contributed by atoms with Crippen LogP contribution in [0.1, 0.15) is 41.2 Å². The predicted octanol–water partition coefficient (Wildman–Crippen LogP) is 4.66. The molecule has 2 N–H and O–H groups in total. The highest BCUT2D eigenvalue weighted by Crippen LogP contribution is 2.55. The Kier molecular flexibility index (Phi) is 5.48. The molecule has 0 radical (unpaired) electrons. The summed E-state index contributed by atoms with van der Waals surface area (Å²) in [5, 5.41) is 20.0. The Balaban J connectivity index is 1.67. The maximum Gasteiger partial charge on any atom is 0.302 e. The zero-order valence-corrected chi connectivity index (χ0v) is 19.3. The molecule has 1 heterocycles. The van der Waals surface area contributed by atoms with Gasteiger partial charge in [0, 0.05) is 24.1 Å². The Labute approximate surface area is 197 Å². The lowest BCUT2D eigenvalue weighted by molar-refractivity contribution is -0.141. The van der Waals surface area contributed by atoms with Crippen molar-refractivity contribution in [3.63, 3.8) is 0 Å². The van der Waals surface area contributed by atoms with Gasteiger partial charge < -0.3 is 29.2 Å². The second-order valence-electron chi connectivity index (χ2n) is 8.56. The first-order valence-electron chi connectivity index (χ1n) is 11.1. The number of esters is 1. The van der Waals surface area contributed by atoms with E-state index in [1.54, 1.807) is 37.4 Å². The molecular formula is C27H26O7. The summed E-state index contributed by atoms with van der Waals surface area (Å²) in [5.41, 5.74) is 5.94. The molecule has 34 heavy (non-hydrogen) atoms. The molecule has 7 heteroatoms. The molecule has 7 nitrogen and oxygen atoms in total. The number of benzene rings is 3. The largest absolute Gasteiger partial charge is 0.508 e. The molecule has 0 spiro atoms. The van der Waals surface area contributed by atoms with Crippen LogP contribution in [-0.2, 0) is 22.4 Å². The maximum atomic E-state index is 11.7. The fourth-order valence-corrected chi connectivity index (χ4v) is 5.13. The maximum absolute atomic E-state index is 11.7. The van der Waals surface area contributed by atoms with E-state index >= 15 is 0 Å². The van der Waals surface area contributed by atoms with E-state index in [9.17, 15) is 15.0 Å². The molecule has 5 rings (SSSR count). The number of aromatic hydroxyl groups is 2. The number of aryl methyl sites for hydroxylation is 1. The standard InChI is InChI=1S/C27H26O7/c1-14(28)33-13-20-26-19-7-4-15-10-17(29)6-8-18(15)25(19)23(32-3)12-24(26)34-27(20)16-5-9-21(30)22(11-16)31-2/h5-6,8-12,20,27,29-30H,4,7,13H2,1-3H3/t20-,27-/m0/s1. The van der Waals surface area contributed by atoms with Gasteiger partial charge in [0.1, 0.15) is 30.0 Å². The second-order valence-corrected chi connectivity index (χ2v) is 8.56. The third-order valence-corrected chi connectivity index (χ3v) is 6.61. The van der Waals surface area contributed by atoms with Crippen molar-refractivity contribution in [1.82, 2.24) is 0 Å². The molecule has 0 bridgehead atoms. The van der Waals surface area contributed by atoms with Crippen LogP contribution in [0, 0.1) is 0 Å². The molecule has 0 unspecified atom stereocenters. The Hall–Kier alpha value is -3.87. The molecule has 1 aliphatic carbocycles. The van der Waals surface area contributed by atoms with Crippen LogP contribution in [0.15, 0.2) is 42.5 Å². The number of fused-ring (bicyclic) bond motifs is 5. The normalized spacial score (nSPS) is 17.7. The third-order valence-electron chi connectivity index (χ3n) is 6.61. The Morgan fingerprint density at radius 2 is 1.82 bits per heavy atom. The summed E-state index contributed by atoms with van der Waals surface area (Å²) in [5.74, 6) is 1.38. The van der Waals surface area contributed by atoms with Gasteiger partial charge in [0.05, 0.1) is 20.1 Å². The van der Waals surface area contributed by atoms with Gasteiger partial charge in [-0.25, -0.2) is 0 Å². The molecule has 2 aliphatic rings. The quantitative estimate of drug-likeness (QED) is 0.533. The average Bonchev–Trinajstić information content (AvgIpc) is 3.20. The van der Waals surface area contributed by atoms with Crippen LogP contribution < -0.4 is 14.2 Å². The van der Waals surface area contributed by atoms with E-state index in [1.165, 1.54) is 14.0 Å². The van der Waals surface area contributed by atoms with E-state index in [1.807, 2.05) is 12.1 Å². The number of rotatable bonds is 5. The van der Waals surface area contributed by atoms with Crippen molar-refractivity contribution >= 4 is 5.97 Å². The molecule has 3 aromatic carbocycles. The number of hydrogen-bond acceptors (Lipinski definition) is 7. The number of carbonyl (C=O) groups is 1. The first-order valence-corrected chi connectivity index (χ1v) is 11.1. The van der Waals surface area contributed by atoms with Crippen LogP contribution in [0.5, 0.6) is 28.7 Å². The second kappa shape index (κ2) is 8.48. The highest BCUT2D eigenvalue weighted by molar-refractivity contribution is 5.82. The predicted molar refractivity (Wildman–Crippen MR) is 125 cm³/mol. The number of carbonyl (C=O) groups excluding carboxylic acids is 1. The van der Waals surface area contributed by atoms with Gasteiger partial charge in [-0.1, -0.05) is 12.1 Å². The summed E-state index contributed by atoms with van der Waals surface area (Å²) in [6.07, 6.45) is 1.05. The van der Waals surface area contributed by atoms with E-state index in [0.717, 1.165) is 46.2 Å². The Morgan fingerprint density at radius 1 is 1.03 bits per heavy atom. The molecule has 2 atom stereocenters. The summed E-state index contributed by atoms with van der Waals surface area (Å²) in [4.78, 5) is 11.7. The van der Waals surface area contributed by atoms with Crippen molar-refractivity contribution in [3.8, 4) is 39.9 Å². The summed E-state index contributed by atoms with van der Waals surface area (Å²) >= 11 is 0. The van der Waals surface area contributed by atoms with E-state index in [2.05, 4.69) is 0 Å². The van der Waals surface area contributed by atoms with Gasteiger partial charge in [-0.15, -0.1) is 0 Å². The van der Waals surface area contributed by atoms with Crippen LogP contribution in [0.4, 0.5) is 0 Å². The first-order chi connectivity index (χ1) is 16.4. The molecular weight excluding hydrogens is 436 g/mol. The van der Waals surface area contributed by atoms with Crippen molar-refractivity contribution in [3.05, 3.63) is 64.7 Å². The van der Waals surface area contributed by atoms with E-state index in [-0.39, 0.29) is 30.0 Å². The monoisotopic (exact) mass is 462 g/mol. The molecule has 176 valence electrons. The van der Waals surface area contributed by atoms with Crippen LogP contribution >= 0.6 is 0 Å². The van der Waals surface area contributed by atoms with E-state index < -0.39 is 6.10 Å². The van der Waals surface area contributed by atoms with Crippen LogP contribution in [-0.4, -0.2) is 37.0 Å². The number of hydrogen-bond donors (Lipinski definition) is 2. The summed E-state index contributed by atoms with van der Waals surface area (Å²) < 4.78 is 23.0. The van der Waals surface area contributed by atoms with Crippen molar-refractivity contribution in [1.29, 1.82) is 0 Å². The van der Waals surface area contributed by atoms with Gasteiger partial charge in [-0.05, 0) is 59.4 Å². The third kappa shape index (κ3) is 3.57. The van der Waals surface area contributed by atoms with Crippen molar-refractivity contribution in [2.75, 3.05) is 20.8 Å². The van der Waals surface area contributed by atoms with E-state index in [0.29, 0.717) is 17.2 Å². The summed E-state index contributed by atoms with van der Waals surface area (Å²) in [7, 11) is 3.13. The molecule has 0 saturated heterocycles. The summed E-state index contributed by atoms with van der Waals surface area (Å²) in [6.45, 7) is 1.54. The average molecular weight is 462 g/mol. The zero-order chi connectivity index (χ0) is 24.0. The van der Waals surface area contributed by atoms with Gasteiger partial charge in [-0.3, -0.25) is 4.79 Å². The number of ether oxygens (including phenoxy) is 4. The smallest absolute Gasteiger partial charge is 0.302 e. The molecule has 0 fully saturated rings. The summed E-state index contributed by atoms with van der Waals surface area (Å²) in [6, 6.07) is 12.4. The lowest BCUT2D eigenvalue weighted by Crippen LogP contribution is -2.18. The van der Waals surface area contributed by atoms with Gasteiger partial charge >= 0.3 is 5.97 Å². The Bertz CT molecular complexity index is 1280. The Morgan fingerprint density at radius 3 is 2.56 bits per heavy atom. The highest BCUT2D eigenvalue weighted by atomic mass is 16.5. The van der Waals surface area contributed by atoms with Gasteiger partial charge in [-0.2, -0.15) is 0 Å². The number of phenolic OH excluding ortho intramolecular Hbond substituents is 2. The van der Waals surface area contributed by atoms with Crippen LogP contribution in [0.3, 0.4) is 0 Å². The van der Waals surface area contributed by atoms with Gasteiger partial charge in [0.2, 0.25) is 0 Å².